The minimum atomic E-state index is -0.0463. The smallest absolute Gasteiger partial charge is 0.320 e. The summed E-state index contributed by atoms with van der Waals surface area (Å²) in [5, 5.41) is 3.52. The summed E-state index contributed by atoms with van der Waals surface area (Å²) in [7, 11) is 3.52. The first-order chi connectivity index (χ1) is 12.3. The van der Waals surface area contributed by atoms with Gasteiger partial charge >= 0.3 is 6.03 Å². The minimum Gasteiger partial charge on any atom is -0.331 e. The van der Waals surface area contributed by atoms with Crippen molar-refractivity contribution in [3.05, 3.63) is 62.4 Å². The molecular formula is C20H22ClN3OS. The molecule has 0 radical (unpaired) electrons. The van der Waals surface area contributed by atoms with Crippen LogP contribution in [-0.2, 0) is 13.1 Å². The summed E-state index contributed by atoms with van der Waals surface area (Å²) >= 11 is 8.11. The molecule has 0 bridgehead atoms. The average molecular weight is 388 g/mol. The normalized spacial score (nSPS) is 11.0. The van der Waals surface area contributed by atoms with Gasteiger partial charge in [0.05, 0.1) is 18.6 Å². The number of fused-ring (bicyclic) bond motifs is 1. The SMILES string of the molecule is Cc1cc(C)c2nc(Cl)c(CN(Cc3cccs3)C(=O)N(C)C)cc2c1. The van der Waals surface area contributed by atoms with Crippen molar-refractivity contribution >= 4 is 39.9 Å². The molecule has 3 aromatic rings. The zero-order chi connectivity index (χ0) is 18.8. The quantitative estimate of drug-likeness (QED) is 0.573. The maximum atomic E-state index is 12.6. The van der Waals surface area contributed by atoms with Gasteiger partial charge in [-0.05, 0) is 43.0 Å². The van der Waals surface area contributed by atoms with Crippen molar-refractivity contribution in [3.8, 4) is 0 Å². The number of carbonyl (C=O) groups excluding carboxylic acids is 1. The predicted molar refractivity (Wildman–Crippen MR) is 109 cm³/mol. The molecule has 0 spiro atoms. The van der Waals surface area contributed by atoms with Crippen LogP contribution in [0.25, 0.3) is 10.9 Å². The summed E-state index contributed by atoms with van der Waals surface area (Å²) in [6.07, 6.45) is 0. The van der Waals surface area contributed by atoms with E-state index in [2.05, 4.69) is 30.1 Å². The second-order valence-electron chi connectivity index (χ2n) is 6.70. The molecule has 0 aliphatic heterocycles. The lowest BCUT2D eigenvalue weighted by Gasteiger charge is -2.26. The molecule has 1 aromatic carbocycles. The highest BCUT2D eigenvalue weighted by Gasteiger charge is 2.19. The van der Waals surface area contributed by atoms with Gasteiger partial charge in [0.15, 0.2) is 0 Å². The number of nitrogens with zero attached hydrogens (tertiary/aromatic N) is 3. The second-order valence-corrected chi connectivity index (χ2v) is 8.09. The number of carbonyl (C=O) groups is 1. The highest BCUT2D eigenvalue weighted by molar-refractivity contribution is 7.09. The fourth-order valence-electron chi connectivity index (χ4n) is 3.05. The number of benzene rings is 1. The van der Waals surface area contributed by atoms with Crippen molar-refractivity contribution in [2.24, 2.45) is 0 Å². The molecular weight excluding hydrogens is 366 g/mol. The molecule has 2 heterocycles. The molecule has 3 rings (SSSR count). The van der Waals surface area contributed by atoms with Gasteiger partial charge in [-0.15, -0.1) is 11.3 Å². The van der Waals surface area contributed by atoms with E-state index in [-0.39, 0.29) is 6.03 Å². The molecule has 26 heavy (non-hydrogen) atoms. The van der Waals surface area contributed by atoms with Crippen LogP contribution < -0.4 is 0 Å². The Morgan fingerprint density at radius 1 is 1.19 bits per heavy atom. The van der Waals surface area contributed by atoms with Crippen LogP contribution in [0.2, 0.25) is 5.15 Å². The van der Waals surface area contributed by atoms with Crippen LogP contribution in [0.15, 0.2) is 35.7 Å². The predicted octanol–water partition coefficient (Wildman–Crippen LogP) is 5.25. The van der Waals surface area contributed by atoms with Crippen LogP contribution in [0.5, 0.6) is 0 Å². The Kier molecular flexibility index (Phi) is 5.49. The largest absolute Gasteiger partial charge is 0.331 e. The lowest BCUT2D eigenvalue weighted by atomic mass is 10.1. The van der Waals surface area contributed by atoms with E-state index in [1.165, 1.54) is 5.56 Å². The van der Waals surface area contributed by atoms with Gasteiger partial charge in [-0.3, -0.25) is 0 Å². The van der Waals surface area contributed by atoms with E-state index in [9.17, 15) is 4.79 Å². The van der Waals surface area contributed by atoms with E-state index in [0.29, 0.717) is 18.2 Å². The summed E-state index contributed by atoms with van der Waals surface area (Å²) in [5.74, 6) is 0. The molecule has 0 unspecified atom stereocenters. The maximum Gasteiger partial charge on any atom is 0.320 e. The first-order valence-electron chi connectivity index (χ1n) is 8.40. The molecule has 0 N–H and O–H groups in total. The Bertz CT molecular complexity index is 938. The molecule has 0 fully saturated rings. The van der Waals surface area contributed by atoms with Gasteiger partial charge in [0.2, 0.25) is 0 Å². The highest BCUT2D eigenvalue weighted by atomic mass is 35.5. The monoisotopic (exact) mass is 387 g/mol. The third-order valence-corrected chi connectivity index (χ3v) is 5.41. The van der Waals surface area contributed by atoms with E-state index in [0.717, 1.165) is 26.9 Å². The number of rotatable bonds is 4. The number of amides is 2. The molecule has 0 saturated carbocycles. The van der Waals surface area contributed by atoms with Crippen molar-refractivity contribution in [1.29, 1.82) is 0 Å². The molecule has 0 atom stereocenters. The van der Waals surface area contributed by atoms with Crippen molar-refractivity contribution in [2.45, 2.75) is 26.9 Å². The minimum absolute atomic E-state index is 0.0463. The van der Waals surface area contributed by atoms with Gasteiger partial charge in [-0.1, -0.05) is 29.3 Å². The Balaban J connectivity index is 1.97. The zero-order valence-corrected chi connectivity index (χ0v) is 17.0. The Labute approximate surface area is 163 Å². The van der Waals surface area contributed by atoms with Gasteiger partial charge in [0.25, 0.3) is 0 Å². The Hall–Kier alpha value is -2.11. The van der Waals surface area contributed by atoms with E-state index in [4.69, 9.17) is 11.6 Å². The number of halogens is 1. The molecule has 4 nitrogen and oxygen atoms in total. The third-order valence-electron chi connectivity index (χ3n) is 4.22. The zero-order valence-electron chi connectivity index (χ0n) is 15.4. The molecule has 2 amide bonds. The van der Waals surface area contributed by atoms with Crippen LogP contribution in [0, 0.1) is 13.8 Å². The first kappa shape index (κ1) is 18.7. The highest BCUT2D eigenvalue weighted by Crippen LogP contribution is 2.26. The third kappa shape index (κ3) is 4.00. The summed E-state index contributed by atoms with van der Waals surface area (Å²) < 4.78 is 0. The summed E-state index contributed by atoms with van der Waals surface area (Å²) in [6, 6.07) is 10.2. The van der Waals surface area contributed by atoms with E-state index < -0.39 is 0 Å². The maximum absolute atomic E-state index is 12.6. The van der Waals surface area contributed by atoms with Gasteiger partial charge < -0.3 is 9.80 Å². The average Bonchev–Trinajstić information content (AvgIpc) is 3.08. The first-order valence-corrected chi connectivity index (χ1v) is 9.66. The van der Waals surface area contributed by atoms with E-state index in [1.54, 1.807) is 35.2 Å². The number of aryl methyl sites for hydroxylation is 2. The lowest BCUT2D eigenvalue weighted by Crippen LogP contribution is -2.38. The van der Waals surface area contributed by atoms with Crippen LogP contribution in [-0.4, -0.2) is 34.9 Å². The standard InChI is InChI=1S/C20H22ClN3OS/c1-13-8-14(2)18-15(9-13)10-16(19(21)22-18)11-24(20(25)23(3)4)12-17-6-5-7-26-17/h5-10H,11-12H2,1-4H3. The molecule has 0 aliphatic carbocycles. The number of aromatic nitrogens is 1. The Morgan fingerprint density at radius 3 is 2.62 bits per heavy atom. The fourth-order valence-corrected chi connectivity index (χ4v) is 3.97. The molecule has 136 valence electrons. The van der Waals surface area contributed by atoms with E-state index >= 15 is 0 Å². The lowest BCUT2D eigenvalue weighted by molar-refractivity contribution is 0.166. The van der Waals surface area contributed by atoms with Crippen LogP contribution >= 0.6 is 22.9 Å². The van der Waals surface area contributed by atoms with Crippen molar-refractivity contribution in [1.82, 2.24) is 14.8 Å². The molecule has 0 aliphatic rings. The number of hydrogen-bond donors (Lipinski definition) is 0. The van der Waals surface area contributed by atoms with Crippen LogP contribution in [0.4, 0.5) is 4.79 Å². The van der Waals surface area contributed by atoms with E-state index in [1.807, 2.05) is 24.4 Å². The van der Waals surface area contributed by atoms with Crippen molar-refractivity contribution in [3.63, 3.8) is 0 Å². The second kappa shape index (κ2) is 7.64. The molecule has 2 aromatic heterocycles. The fraction of sp³-hybridized carbons (Fsp3) is 0.300. The van der Waals surface area contributed by atoms with Crippen LogP contribution in [0.3, 0.4) is 0 Å². The molecule has 6 heteroatoms. The van der Waals surface area contributed by atoms with Gasteiger partial charge in [-0.25, -0.2) is 9.78 Å². The number of hydrogen-bond acceptors (Lipinski definition) is 3. The summed E-state index contributed by atoms with van der Waals surface area (Å²) in [5.41, 5.74) is 4.06. The van der Waals surface area contributed by atoms with Gasteiger partial charge in [-0.2, -0.15) is 0 Å². The summed E-state index contributed by atoms with van der Waals surface area (Å²) in [6.45, 7) is 5.08. The summed E-state index contributed by atoms with van der Waals surface area (Å²) in [4.78, 5) is 21.8. The topological polar surface area (TPSA) is 36.4 Å². The number of pyridine rings is 1. The molecule has 0 saturated heterocycles. The van der Waals surface area contributed by atoms with Crippen LogP contribution in [0.1, 0.15) is 21.6 Å². The van der Waals surface area contributed by atoms with Crippen molar-refractivity contribution < 1.29 is 4.79 Å². The van der Waals surface area contributed by atoms with Gasteiger partial charge in [0, 0.05) is 29.9 Å². The Morgan fingerprint density at radius 2 is 1.96 bits per heavy atom. The number of urea groups is 1. The number of thiophene rings is 1. The van der Waals surface area contributed by atoms with Crippen molar-refractivity contribution in [2.75, 3.05) is 14.1 Å². The van der Waals surface area contributed by atoms with Gasteiger partial charge in [0.1, 0.15) is 5.15 Å².